The number of hydrogen-bond acceptors (Lipinski definition) is 2. The Morgan fingerprint density at radius 2 is 1.63 bits per heavy atom. The molecule has 0 bridgehead atoms. The second-order valence-corrected chi connectivity index (χ2v) is 9.06. The smallest absolute Gasteiger partial charge is 0.0456 e. The van der Waals surface area contributed by atoms with E-state index >= 15 is 0 Å². The molecule has 2 N–H and O–H groups in total. The van der Waals surface area contributed by atoms with Gasteiger partial charge in [-0.05, 0) is 76.2 Å². The lowest BCUT2D eigenvalue weighted by atomic mass is 9.78. The quantitative estimate of drug-likeness (QED) is 0.488. The summed E-state index contributed by atoms with van der Waals surface area (Å²) >= 11 is 0. The van der Waals surface area contributed by atoms with Gasteiger partial charge < -0.3 is 15.2 Å². The van der Waals surface area contributed by atoms with Crippen molar-refractivity contribution in [1.29, 1.82) is 0 Å². The van der Waals surface area contributed by atoms with Gasteiger partial charge in [0.25, 0.3) is 0 Å². The van der Waals surface area contributed by atoms with Crippen LogP contribution in [0.3, 0.4) is 0 Å². The summed E-state index contributed by atoms with van der Waals surface area (Å²) in [5.41, 5.74) is 4.12. The highest BCUT2D eigenvalue weighted by molar-refractivity contribution is 5.85. The van der Waals surface area contributed by atoms with Crippen molar-refractivity contribution < 1.29 is 0 Å². The fourth-order valence-corrected chi connectivity index (χ4v) is 5.34. The SMILES string of the molecule is CC(Cc1c[nH]c2ccccc12)NC1CCC(C(c2ccccc2)N(C)C)CC1.Cl. The molecule has 0 aliphatic heterocycles. The third kappa shape index (κ3) is 5.26. The number of nitrogens with one attached hydrogen (secondary N) is 2. The minimum atomic E-state index is 0. The molecule has 1 aliphatic carbocycles. The molecule has 30 heavy (non-hydrogen) atoms. The van der Waals surface area contributed by atoms with Crippen LogP contribution < -0.4 is 5.32 Å². The van der Waals surface area contributed by atoms with Crippen molar-refractivity contribution in [3.63, 3.8) is 0 Å². The van der Waals surface area contributed by atoms with E-state index in [9.17, 15) is 0 Å². The molecule has 0 spiro atoms. The summed E-state index contributed by atoms with van der Waals surface area (Å²) in [7, 11) is 4.45. The third-order valence-corrected chi connectivity index (χ3v) is 6.64. The van der Waals surface area contributed by atoms with Gasteiger partial charge in [0.1, 0.15) is 0 Å². The van der Waals surface area contributed by atoms with Crippen LogP contribution in [0.25, 0.3) is 10.9 Å². The maximum atomic E-state index is 3.92. The Balaban J connectivity index is 0.00000256. The molecule has 0 amide bonds. The van der Waals surface area contributed by atoms with Crippen molar-refractivity contribution in [3.05, 3.63) is 71.9 Å². The third-order valence-electron chi connectivity index (χ3n) is 6.64. The van der Waals surface area contributed by atoms with E-state index in [1.807, 2.05) is 0 Å². The van der Waals surface area contributed by atoms with E-state index < -0.39 is 0 Å². The molecule has 1 fully saturated rings. The molecule has 4 heteroatoms. The van der Waals surface area contributed by atoms with Crippen LogP contribution in [0.5, 0.6) is 0 Å². The number of para-hydroxylation sites is 1. The molecule has 1 aromatic heterocycles. The Kier molecular flexibility index (Phi) is 7.99. The molecule has 2 atom stereocenters. The molecule has 2 unspecified atom stereocenters. The normalized spacial score (nSPS) is 21.3. The van der Waals surface area contributed by atoms with Crippen molar-refractivity contribution in [2.45, 2.75) is 57.2 Å². The molecular formula is C26H36ClN3. The summed E-state index contributed by atoms with van der Waals surface area (Å²) < 4.78 is 0. The first-order valence-corrected chi connectivity index (χ1v) is 11.1. The number of halogens is 1. The van der Waals surface area contributed by atoms with E-state index in [0.29, 0.717) is 18.1 Å². The molecule has 0 saturated heterocycles. The largest absolute Gasteiger partial charge is 0.361 e. The number of benzene rings is 2. The van der Waals surface area contributed by atoms with Crippen LogP contribution in [-0.2, 0) is 6.42 Å². The first-order valence-electron chi connectivity index (χ1n) is 11.1. The van der Waals surface area contributed by atoms with E-state index in [0.717, 1.165) is 12.3 Å². The minimum Gasteiger partial charge on any atom is -0.361 e. The van der Waals surface area contributed by atoms with Gasteiger partial charge in [-0.1, -0.05) is 48.5 Å². The fourth-order valence-electron chi connectivity index (χ4n) is 5.34. The van der Waals surface area contributed by atoms with Crippen molar-refractivity contribution in [2.75, 3.05) is 14.1 Å². The van der Waals surface area contributed by atoms with Crippen LogP contribution in [0.1, 0.15) is 49.8 Å². The number of H-pyrrole nitrogens is 1. The molecular weight excluding hydrogens is 390 g/mol. The lowest BCUT2D eigenvalue weighted by Crippen LogP contribution is -2.41. The number of aromatic amines is 1. The maximum absolute atomic E-state index is 3.92. The predicted octanol–water partition coefficient (Wildman–Crippen LogP) is 5.97. The van der Waals surface area contributed by atoms with Crippen LogP contribution in [0, 0.1) is 5.92 Å². The van der Waals surface area contributed by atoms with E-state index in [-0.39, 0.29) is 12.4 Å². The highest BCUT2D eigenvalue weighted by Crippen LogP contribution is 2.37. The molecule has 4 rings (SSSR count). The van der Waals surface area contributed by atoms with Gasteiger partial charge in [-0.15, -0.1) is 12.4 Å². The average Bonchev–Trinajstić information content (AvgIpc) is 3.13. The van der Waals surface area contributed by atoms with Crippen molar-refractivity contribution in [1.82, 2.24) is 15.2 Å². The van der Waals surface area contributed by atoms with Gasteiger partial charge >= 0.3 is 0 Å². The summed E-state index contributed by atoms with van der Waals surface area (Å²) in [5.74, 6) is 0.745. The first-order chi connectivity index (χ1) is 14.1. The second-order valence-electron chi connectivity index (χ2n) is 9.06. The Morgan fingerprint density at radius 1 is 0.967 bits per heavy atom. The summed E-state index contributed by atoms with van der Waals surface area (Å²) in [6, 6.07) is 21.3. The monoisotopic (exact) mass is 425 g/mol. The van der Waals surface area contributed by atoms with Crippen LogP contribution >= 0.6 is 12.4 Å². The molecule has 2 aromatic carbocycles. The van der Waals surface area contributed by atoms with Crippen molar-refractivity contribution in [2.24, 2.45) is 5.92 Å². The number of fused-ring (bicyclic) bond motifs is 1. The Labute approximate surface area is 187 Å². The summed E-state index contributed by atoms with van der Waals surface area (Å²) in [4.78, 5) is 5.82. The number of nitrogens with zero attached hydrogens (tertiary/aromatic N) is 1. The number of hydrogen-bond donors (Lipinski definition) is 2. The van der Waals surface area contributed by atoms with Gasteiger partial charge in [-0.3, -0.25) is 0 Å². The molecule has 162 valence electrons. The first kappa shape index (κ1) is 22.9. The zero-order valence-electron chi connectivity index (χ0n) is 18.5. The van der Waals surface area contributed by atoms with Crippen LogP contribution in [-0.4, -0.2) is 36.1 Å². The predicted molar refractivity (Wildman–Crippen MR) is 130 cm³/mol. The van der Waals surface area contributed by atoms with E-state index in [2.05, 4.69) is 97.0 Å². The molecule has 3 nitrogen and oxygen atoms in total. The van der Waals surface area contributed by atoms with Crippen LogP contribution in [0.15, 0.2) is 60.8 Å². The van der Waals surface area contributed by atoms with E-state index in [1.165, 1.54) is 47.7 Å². The number of aromatic nitrogens is 1. The van der Waals surface area contributed by atoms with Gasteiger partial charge in [0.2, 0.25) is 0 Å². The van der Waals surface area contributed by atoms with Crippen molar-refractivity contribution in [3.8, 4) is 0 Å². The average molecular weight is 426 g/mol. The second kappa shape index (κ2) is 10.5. The zero-order chi connectivity index (χ0) is 20.2. The van der Waals surface area contributed by atoms with Gasteiger partial charge in [0, 0.05) is 35.2 Å². The van der Waals surface area contributed by atoms with Gasteiger partial charge in [0.05, 0.1) is 0 Å². The fraction of sp³-hybridized carbons (Fsp3) is 0.462. The zero-order valence-corrected chi connectivity index (χ0v) is 19.3. The molecule has 0 radical (unpaired) electrons. The summed E-state index contributed by atoms with van der Waals surface area (Å²) in [6.07, 6.45) is 8.42. The van der Waals surface area contributed by atoms with Crippen LogP contribution in [0.2, 0.25) is 0 Å². The van der Waals surface area contributed by atoms with Crippen molar-refractivity contribution >= 4 is 23.3 Å². The summed E-state index contributed by atoms with van der Waals surface area (Å²) in [6.45, 7) is 2.33. The topological polar surface area (TPSA) is 31.1 Å². The standard InChI is InChI=1S/C26H35N3.ClH/c1-19(17-22-18-27-25-12-8-7-11-24(22)25)28-23-15-13-21(14-16-23)26(29(2)3)20-9-5-4-6-10-20;/h4-12,18-19,21,23,26-28H,13-17H2,1-3H3;1H. The van der Waals surface area contributed by atoms with E-state index in [1.54, 1.807) is 0 Å². The Hall–Kier alpha value is -1.81. The minimum absolute atomic E-state index is 0. The molecule has 1 saturated carbocycles. The summed E-state index contributed by atoms with van der Waals surface area (Å²) in [5, 5.41) is 5.29. The Morgan fingerprint density at radius 3 is 2.33 bits per heavy atom. The van der Waals surface area contributed by atoms with Gasteiger partial charge in [0.15, 0.2) is 0 Å². The maximum Gasteiger partial charge on any atom is 0.0456 e. The van der Waals surface area contributed by atoms with E-state index in [4.69, 9.17) is 0 Å². The van der Waals surface area contributed by atoms with Gasteiger partial charge in [-0.2, -0.15) is 0 Å². The Bertz CT molecular complexity index is 897. The van der Waals surface area contributed by atoms with Crippen LogP contribution in [0.4, 0.5) is 0 Å². The molecule has 1 aliphatic rings. The highest BCUT2D eigenvalue weighted by Gasteiger charge is 2.30. The van der Waals surface area contributed by atoms with Gasteiger partial charge in [-0.25, -0.2) is 0 Å². The highest BCUT2D eigenvalue weighted by atomic mass is 35.5. The molecule has 1 heterocycles. The molecule has 3 aromatic rings. The number of rotatable bonds is 7. The lowest BCUT2D eigenvalue weighted by molar-refractivity contribution is 0.154. The lowest BCUT2D eigenvalue weighted by Gasteiger charge is -2.38.